The number of hydrogen-bond donors (Lipinski definition) is 3. The zero-order valence-electron chi connectivity index (χ0n) is 42.0. The van der Waals surface area contributed by atoms with E-state index in [0.717, 1.165) is 16.5 Å². The summed E-state index contributed by atoms with van der Waals surface area (Å²) < 4.78 is 49.6. The zero-order chi connectivity index (χ0) is 52.1. The van der Waals surface area contributed by atoms with Crippen molar-refractivity contribution in [2.45, 2.75) is 148 Å². The third kappa shape index (κ3) is 9.92. The molecule has 19 heteroatoms. The second-order valence-electron chi connectivity index (χ2n) is 20.9. The van der Waals surface area contributed by atoms with Gasteiger partial charge < -0.3 is 53.1 Å². The SMILES string of the molecule is CCOC(=O)O[C@H]1C(=O)[C@@]2(C)C(C(OC(=O)c3ccccc3)[C@]3(O)C[C@H](OC(=O)[C@H](O)[C@@H](NC(=O)OC(C)(C)C)c4cccs4)C(C)=C1C3(C)C)[C@]1(OC(C)=O)CO[C@@H]1C[C@@H]2O[Si](C)(C)c1ccccc1. The average molecular weight is 1020 g/mol. The number of ether oxygens (including phenoxy) is 7. The zero-order valence-corrected chi connectivity index (χ0v) is 43.8. The molecule has 71 heavy (non-hydrogen) atoms. The summed E-state index contributed by atoms with van der Waals surface area (Å²) in [5.41, 5.74) is -8.56. The topological polar surface area (TPSA) is 229 Å². The number of alkyl carbamates (subject to hydrolysis) is 1. The summed E-state index contributed by atoms with van der Waals surface area (Å²) in [6, 6.07) is 19.4. The van der Waals surface area contributed by atoms with Crippen LogP contribution in [-0.2, 0) is 52.0 Å². The van der Waals surface area contributed by atoms with E-state index in [-0.39, 0.29) is 36.3 Å². The highest BCUT2D eigenvalue weighted by atomic mass is 32.1. The fraction of sp³-hybridized carbons (Fsp3) is 0.538. The number of aliphatic hydroxyl groups is 2. The van der Waals surface area contributed by atoms with Crippen molar-refractivity contribution in [2.75, 3.05) is 13.2 Å². The molecule has 1 amide bonds. The maximum Gasteiger partial charge on any atom is 0.509 e. The van der Waals surface area contributed by atoms with Crippen LogP contribution in [0.1, 0.15) is 96.4 Å². The average Bonchev–Trinajstić information content (AvgIpc) is 3.83. The van der Waals surface area contributed by atoms with Gasteiger partial charge in [-0.2, -0.15) is 0 Å². The van der Waals surface area contributed by atoms with Crippen molar-refractivity contribution >= 4 is 60.8 Å². The fourth-order valence-electron chi connectivity index (χ4n) is 11.1. The number of amides is 1. The van der Waals surface area contributed by atoms with Crippen LogP contribution in [-0.4, -0.2) is 121 Å². The van der Waals surface area contributed by atoms with Crippen LogP contribution in [0.25, 0.3) is 0 Å². The quantitative estimate of drug-likeness (QED) is 0.0706. The van der Waals surface area contributed by atoms with Crippen LogP contribution < -0.4 is 10.5 Å². The van der Waals surface area contributed by atoms with Gasteiger partial charge in [0.25, 0.3) is 0 Å². The van der Waals surface area contributed by atoms with Gasteiger partial charge in [-0.25, -0.2) is 19.2 Å². The molecule has 17 nitrogen and oxygen atoms in total. The summed E-state index contributed by atoms with van der Waals surface area (Å²) in [6.45, 7) is 17.5. The number of aliphatic hydroxyl groups excluding tert-OH is 1. The normalized spacial score (nSPS) is 29.8. The summed E-state index contributed by atoms with van der Waals surface area (Å²) in [5.74, 6) is -5.20. The minimum atomic E-state index is -3.03. The van der Waals surface area contributed by atoms with Crippen molar-refractivity contribution in [3.8, 4) is 0 Å². The van der Waals surface area contributed by atoms with Crippen LogP contribution in [0.5, 0.6) is 0 Å². The van der Waals surface area contributed by atoms with E-state index in [1.165, 1.54) is 19.1 Å². The van der Waals surface area contributed by atoms with Crippen molar-refractivity contribution in [3.63, 3.8) is 0 Å². The Bertz CT molecular complexity index is 2530. The molecule has 1 aliphatic heterocycles. The van der Waals surface area contributed by atoms with Gasteiger partial charge in [-0.1, -0.05) is 68.4 Å². The first kappa shape index (κ1) is 53.4. The van der Waals surface area contributed by atoms with E-state index in [1.54, 1.807) is 91.1 Å². The predicted octanol–water partition coefficient (Wildman–Crippen LogP) is 6.64. The second kappa shape index (κ2) is 19.9. The second-order valence-corrected chi connectivity index (χ2v) is 25.7. The van der Waals surface area contributed by atoms with E-state index in [0.29, 0.717) is 4.88 Å². The number of thiophene rings is 1. The molecule has 1 saturated heterocycles. The number of fused-ring (bicyclic) bond motifs is 5. The van der Waals surface area contributed by atoms with Crippen molar-refractivity contribution < 1.29 is 76.6 Å². The highest BCUT2D eigenvalue weighted by molar-refractivity contribution is 7.10. The van der Waals surface area contributed by atoms with Crippen molar-refractivity contribution in [1.29, 1.82) is 0 Å². The third-order valence-electron chi connectivity index (χ3n) is 14.6. The van der Waals surface area contributed by atoms with E-state index in [9.17, 15) is 34.2 Å². The molecule has 0 radical (unpaired) electrons. The lowest BCUT2D eigenvalue weighted by molar-refractivity contribution is -0.344. The molecular weight excluding hydrogens is 955 g/mol. The van der Waals surface area contributed by atoms with Crippen molar-refractivity contribution in [3.05, 3.63) is 99.8 Å². The van der Waals surface area contributed by atoms with Crippen LogP contribution in [0, 0.1) is 16.7 Å². The molecule has 3 fully saturated rings. The maximum atomic E-state index is 16.5. The molecule has 384 valence electrons. The highest BCUT2D eigenvalue weighted by Gasteiger charge is 2.79. The van der Waals surface area contributed by atoms with Gasteiger partial charge in [0.2, 0.25) is 8.32 Å². The molecule has 2 unspecified atom stereocenters. The van der Waals surface area contributed by atoms with Gasteiger partial charge >= 0.3 is 30.2 Å². The smallest absolute Gasteiger partial charge is 0.456 e. The van der Waals surface area contributed by atoms with Crippen molar-refractivity contribution in [1.82, 2.24) is 5.32 Å². The van der Waals surface area contributed by atoms with Gasteiger partial charge in [-0.15, -0.1) is 11.3 Å². The number of benzene rings is 2. The molecule has 2 aromatic carbocycles. The van der Waals surface area contributed by atoms with Crippen LogP contribution in [0.15, 0.2) is 89.3 Å². The number of Topliss-reactive ketones (excluding diaryl/α,β-unsaturated/α-hetero) is 1. The van der Waals surface area contributed by atoms with E-state index in [1.807, 2.05) is 43.4 Å². The molecular formula is C52H65NO16SSi. The van der Waals surface area contributed by atoms with Crippen LogP contribution in [0.3, 0.4) is 0 Å². The molecule has 2 saturated carbocycles. The molecule has 2 bridgehead atoms. The number of nitrogens with one attached hydrogen (secondary N) is 1. The van der Waals surface area contributed by atoms with E-state index in [4.69, 9.17) is 37.6 Å². The monoisotopic (exact) mass is 1020 g/mol. The largest absolute Gasteiger partial charge is 0.509 e. The summed E-state index contributed by atoms with van der Waals surface area (Å²) in [5, 5.41) is 31.1. The number of hydrogen-bond acceptors (Lipinski definition) is 17. The standard InChI is InChI=1S/C52H65NO16SSi/c1-12-62-47(60)65-40-37-29(2)33(64-45(58)39(55)38(34-24-19-25-70-34)53-46(59)68-48(4,5)6)27-52(61,49(37,7)8)43(66-44(57)31-20-15-13-16-21-31)41-50(9,42(40)56)35(26-36-51(41,28-63-36)67-30(3)54)69-71(10,11)32-22-17-14-18-23-32/h13-25,33,35-36,38-41,43,55,61H,12,26-28H2,1-11H3,(H,53,59)/t33-,35-,36+,38-,39+,40+,41?,43?,50+,51-,52+/m0/s1. The Hall–Kier alpha value is -5.44. The Morgan fingerprint density at radius 2 is 1.59 bits per heavy atom. The molecule has 7 rings (SSSR count). The molecule has 1 aromatic heterocycles. The number of carbonyl (C=O) groups excluding carboxylic acids is 6. The van der Waals surface area contributed by atoms with Gasteiger partial charge in [0.1, 0.15) is 35.6 Å². The molecule has 3 N–H and O–H groups in total. The third-order valence-corrected chi connectivity index (χ3v) is 18.1. The molecule has 2 heterocycles. The van der Waals surface area contributed by atoms with E-state index in [2.05, 4.69) is 5.32 Å². The first-order chi connectivity index (χ1) is 33.2. The minimum absolute atomic E-state index is 0.00875. The summed E-state index contributed by atoms with van der Waals surface area (Å²) in [7, 11) is -3.03. The first-order valence-corrected chi connectivity index (χ1v) is 27.5. The van der Waals surface area contributed by atoms with Gasteiger partial charge in [0.15, 0.2) is 23.6 Å². The summed E-state index contributed by atoms with van der Waals surface area (Å²) in [6.07, 6.45) is -12.1. The van der Waals surface area contributed by atoms with E-state index < -0.39 is 127 Å². The molecule has 3 aromatic rings. The van der Waals surface area contributed by atoms with Gasteiger partial charge in [0.05, 0.1) is 36.2 Å². The molecule has 11 atom stereocenters. The number of ketones is 1. The summed E-state index contributed by atoms with van der Waals surface area (Å²) in [4.78, 5) is 86.4. The van der Waals surface area contributed by atoms with E-state index >= 15 is 4.79 Å². The maximum absolute atomic E-state index is 16.5. The highest BCUT2D eigenvalue weighted by Crippen LogP contribution is 2.65. The number of esters is 3. The Kier molecular flexibility index (Phi) is 14.9. The van der Waals surface area contributed by atoms with Crippen LogP contribution in [0.2, 0.25) is 13.1 Å². The van der Waals surface area contributed by atoms with Crippen molar-refractivity contribution in [2.24, 2.45) is 16.7 Å². The number of rotatable bonds is 13. The van der Waals surface area contributed by atoms with Gasteiger partial charge in [0, 0.05) is 30.1 Å². The minimum Gasteiger partial charge on any atom is -0.456 e. The molecule has 0 spiro atoms. The first-order valence-electron chi connectivity index (χ1n) is 23.7. The molecule has 4 aliphatic rings. The lowest BCUT2D eigenvalue weighted by Gasteiger charge is -2.68. The molecule has 3 aliphatic carbocycles. The Morgan fingerprint density at radius 1 is 0.944 bits per heavy atom. The lowest BCUT2D eigenvalue weighted by atomic mass is 9.44. The predicted molar refractivity (Wildman–Crippen MR) is 260 cm³/mol. The van der Waals surface area contributed by atoms with Crippen LogP contribution in [0.4, 0.5) is 9.59 Å². The Labute approximate surface area is 418 Å². The fourth-order valence-corrected chi connectivity index (χ4v) is 14.1. The number of carbonyl (C=O) groups is 6. The van der Waals surface area contributed by atoms with Gasteiger partial charge in [-0.05, 0) is 94.5 Å². The summed E-state index contributed by atoms with van der Waals surface area (Å²) >= 11 is 1.15. The Balaban J connectivity index is 1.46. The lowest BCUT2D eigenvalue weighted by Crippen LogP contribution is -2.82. The van der Waals surface area contributed by atoms with Crippen LogP contribution >= 0.6 is 11.3 Å². The van der Waals surface area contributed by atoms with Gasteiger partial charge in [-0.3, -0.25) is 9.59 Å². The Morgan fingerprint density at radius 3 is 2.15 bits per heavy atom.